The first-order valence-electron chi connectivity index (χ1n) is 12.7. The predicted octanol–water partition coefficient (Wildman–Crippen LogP) is 2.55. The SMILES string of the molecule is C#C[C@@]1(F)[C@H](O)[C@@H](COP(=O)(N[C@H](C)C(=O)OCC)Oc2ccccc2)O[C@H]1n1cnc2c(N(C)C)nc(C)nc21. The van der Waals surface area contributed by atoms with Crippen molar-refractivity contribution in [3.8, 4) is 18.1 Å². The molecule has 6 atom stereocenters. The molecule has 2 N–H and O–H groups in total. The van der Waals surface area contributed by atoms with Gasteiger partial charge in [0.25, 0.3) is 0 Å². The molecule has 1 aliphatic heterocycles. The van der Waals surface area contributed by atoms with Crippen molar-refractivity contribution >= 4 is 30.7 Å². The molecule has 2 aromatic heterocycles. The minimum Gasteiger partial charge on any atom is -0.465 e. The Kier molecular flexibility index (Phi) is 8.96. The van der Waals surface area contributed by atoms with Gasteiger partial charge in [0.2, 0.25) is 5.67 Å². The molecule has 1 saturated heterocycles. The lowest BCUT2D eigenvalue weighted by molar-refractivity contribution is -0.144. The predicted molar refractivity (Wildman–Crippen MR) is 147 cm³/mol. The summed E-state index contributed by atoms with van der Waals surface area (Å²) < 4.78 is 53.3. The van der Waals surface area contributed by atoms with Crippen molar-refractivity contribution in [2.45, 2.75) is 50.9 Å². The number of para-hydroxylation sites is 1. The van der Waals surface area contributed by atoms with Gasteiger partial charge < -0.3 is 24.0 Å². The summed E-state index contributed by atoms with van der Waals surface area (Å²) in [5, 5.41) is 13.5. The largest absolute Gasteiger partial charge is 0.465 e. The fourth-order valence-corrected chi connectivity index (χ4v) is 5.74. The van der Waals surface area contributed by atoms with Gasteiger partial charge in [0.05, 0.1) is 19.5 Å². The number of carbonyl (C=O) groups excluding carboxylic acids is 1. The number of rotatable bonds is 11. The molecule has 0 saturated carbocycles. The molecule has 0 spiro atoms. The number of halogens is 1. The van der Waals surface area contributed by atoms with E-state index in [0.29, 0.717) is 17.2 Å². The van der Waals surface area contributed by atoms with E-state index in [1.54, 1.807) is 51.0 Å². The number of carbonyl (C=O) groups is 1. The number of anilines is 1. The fourth-order valence-electron chi connectivity index (χ4n) is 4.24. The van der Waals surface area contributed by atoms with Crippen molar-refractivity contribution in [2.24, 2.45) is 0 Å². The molecular formula is C26H32FN6O7P. The lowest BCUT2D eigenvalue weighted by Crippen LogP contribution is -2.42. The quantitative estimate of drug-likeness (QED) is 0.192. The summed E-state index contributed by atoms with van der Waals surface area (Å²) in [6.07, 6.45) is 1.98. The van der Waals surface area contributed by atoms with Crippen LogP contribution < -0.4 is 14.5 Å². The van der Waals surface area contributed by atoms with E-state index in [0.717, 1.165) is 0 Å². The van der Waals surface area contributed by atoms with Gasteiger partial charge in [-0.3, -0.25) is 13.9 Å². The number of nitrogens with one attached hydrogen (secondary N) is 1. The highest BCUT2D eigenvalue weighted by atomic mass is 31.2. The number of nitrogens with zero attached hydrogens (tertiary/aromatic N) is 5. The third kappa shape index (κ3) is 6.19. The lowest BCUT2D eigenvalue weighted by atomic mass is 9.97. The lowest BCUT2D eigenvalue weighted by Gasteiger charge is -2.25. The van der Waals surface area contributed by atoms with Crippen molar-refractivity contribution in [2.75, 3.05) is 32.2 Å². The van der Waals surface area contributed by atoms with Gasteiger partial charge in [-0.15, -0.1) is 6.42 Å². The van der Waals surface area contributed by atoms with Crippen molar-refractivity contribution in [1.29, 1.82) is 0 Å². The zero-order chi connectivity index (χ0) is 29.9. The number of aliphatic hydroxyl groups is 1. The molecular weight excluding hydrogens is 558 g/mol. The highest BCUT2D eigenvalue weighted by molar-refractivity contribution is 7.52. The minimum absolute atomic E-state index is 0.104. The summed E-state index contributed by atoms with van der Waals surface area (Å²) in [6, 6.07) is 6.99. The van der Waals surface area contributed by atoms with Crippen molar-refractivity contribution in [1.82, 2.24) is 24.6 Å². The third-order valence-electron chi connectivity index (χ3n) is 6.23. The Morgan fingerprint density at radius 3 is 2.71 bits per heavy atom. The Bertz CT molecular complexity index is 1480. The van der Waals surface area contributed by atoms with Crippen molar-refractivity contribution in [3.63, 3.8) is 0 Å². The maximum atomic E-state index is 16.2. The van der Waals surface area contributed by atoms with Gasteiger partial charge in [-0.25, -0.2) is 23.9 Å². The van der Waals surface area contributed by atoms with Gasteiger partial charge in [-0.2, -0.15) is 5.09 Å². The fraction of sp³-hybridized carbons (Fsp3) is 0.462. The van der Waals surface area contributed by atoms with Crippen LogP contribution in [0.15, 0.2) is 36.7 Å². The maximum absolute atomic E-state index is 16.2. The van der Waals surface area contributed by atoms with E-state index in [1.807, 2.05) is 5.92 Å². The monoisotopic (exact) mass is 590 g/mol. The number of aliphatic hydroxyl groups excluding tert-OH is 1. The highest BCUT2D eigenvalue weighted by Gasteiger charge is 2.58. The van der Waals surface area contributed by atoms with E-state index >= 15 is 4.39 Å². The number of ether oxygens (including phenoxy) is 2. The number of hydrogen-bond acceptors (Lipinski definition) is 11. The van der Waals surface area contributed by atoms with Crippen LogP contribution in [0.2, 0.25) is 0 Å². The van der Waals surface area contributed by atoms with Crippen LogP contribution in [0, 0.1) is 19.3 Å². The molecule has 1 fully saturated rings. The van der Waals surface area contributed by atoms with E-state index in [1.165, 1.54) is 30.0 Å². The number of aromatic nitrogens is 4. The normalized spacial score (nSPS) is 24.4. The second kappa shape index (κ2) is 12.1. The summed E-state index contributed by atoms with van der Waals surface area (Å²) in [7, 11) is -0.759. The summed E-state index contributed by atoms with van der Waals surface area (Å²) in [4.78, 5) is 27.0. The Balaban J connectivity index is 1.61. The molecule has 1 aliphatic rings. The molecule has 1 aromatic carbocycles. The molecule has 3 heterocycles. The topological polar surface area (TPSA) is 150 Å². The van der Waals surface area contributed by atoms with Crippen molar-refractivity contribution < 1.29 is 37.4 Å². The zero-order valence-electron chi connectivity index (χ0n) is 23.2. The first kappa shape index (κ1) is 30.4. The van der Waals surface area contributed by atoms with Crippen LogP contribution in [-0.2, 0) is 23.4 Å². The summed E-state index contributed by atoms with van der Waals surface area (Å²) in [6.45, 7) is 4.20. The zero-order valence-corrected chi connectivity index (χ0v) is 24.1. The van der Waals surface area contributed by atoms with Crippen LogP contribution >= 0.6 is 7.75 Å². The number of aryl methyl sites for hydroxylation is 1. The molecule has 220 valence electrons. The summed E-state index contributed by atoms with van der Waals surface area (Å²) in [5.74, 6) is 2.37. The molecule has 0 radical (unpaired) electrons. The van der Waals surface area contributed by atoms with Gasteiger partial charge in [-0.05, 0) is 32.9 Å². The molecule has 0 bridgehead atoms. The minimum atomic E-state index is -4.31. The molecule has 0 aliphatic carbocycles. The molecule has 0 amide bonds. The average Bonchev–Trinajstić information content (AvgIpc) is 3.45. The Morgan fingerprint density at radius 2 is 2.07 bits per heavy atom. The van der Waals surface area contributed by atoms with Crippen LogP contribution in [0.3, 0.4) is 0 Å². The van der Waals surface area contributed by atoms with Crippen LogP contribution in [0.5, 0.6) is 5.75 Å². The molecule has 1 unspecified atom stereocenters. The third-order valence-corrected chi connectivity index (χ3v) is 7.87. The Labute approximate surface area is 236 Å². The van der Waals surface area contributed by atoms with Gasteiger partial charge >= 0.3 is 13.7 Å². The molecule has 3 aromatic rings. The van der Waals surface area contributed by atoms with Crippen LogP contribution in [0.25, 0.3) is 11.2 Å². The van der Waals surface area contributed by atoms with Gasteiger partial charge in [0.15, 0.2) is 23.2 Å². The molecule has 4 rings (SSSR count). The van der Waals surface area contributed by atoms with E-state index in [9.17, 15) is 14.5 Å². The maximum Gasteiger partial charge on any atom is 0.459 e. The van der Waals surface area contributed by atoms with E-state index in [4.69, 9.17) is 24.9 Å². The van der Waals surface area contributed by atoms with E-state index in [2.05, 4.69) is 20.0 Å². The first-order chi connectivity index (χ1) is 19.4. The molecule has 13 nitrogen and oxygen atoms in total. The first-order valence-corrected chi connectivity index (χ1v) is 14.3. The highest BCUT2D eigenvalue weighted by Crippen LogP contribution is 2.48. The van der Waals surface area contributed by atoms with Gasteiger partial charge in [0, 0.05) is 14.1 Å². The van der Waals surface area contributed by atoms with Crippen LogP contribution in [0.4, 0.5) is 10.2 Å². The number of esters is 1. The smallest absolute Gasteiger partial charge is 0.459 e. The van der Waals surface area contributed by atoms with Gasteiger partial charge in [0.1, 0.15) is 29.8 Å². The Morgan fingerprint density at radius 1 is 1.37 bits per heavy atom. The van der Waals surface area contributed by atoms with Crippen LogP contribution in [0.1, 0.15) is 25.9 Å². The average molecular weight is 591 g/mol. The molecule has 41 heavy (non-hydrogen) atoms. The van der Waals surface area contributed by atoms with Crippen molar-refractivity contribution in [3.05, 3.63) is 42.5 Å². The molecule has 15 heteroatoms. The number of benzene rings is 1. The second-order valence-electron chi connectivity index (χ2n) is 9.50. The number of fused-ring (bicyclic) bond motifs is 1. The number of terminal acetylenes is 1. The second-order valence-corrected chi connectivity index (χ2v) is 11.2. The van der Waals surface area contributed by atoms with E-state index < -0.39 is 50.5 Å². The summed E-state index contributed by atoms with van der Waals surface area (Å²) >= 11 is 0. The number of imidazole rings is 1. The standard InChI is InChI=1S/C26H32FN6O7P/c1-7-26(27)21(34)19(39-25(26)33-15-28-20-22(32(5)6)29-17(4)30-23(20)33)14-38-41(36,31-16(3)24(35)37-8-2)40-18-12-10-9-11-13-18/h1,9-13,15-16,19,21,25,34H,8,14H2,2-6H3,(H,31,36)/t16-,19-,21-,25-,26-,41?/m1/s1. The number of alkyl halides is 1. The van der Waals surface area contributed by atoms with E-state index in [-0.39, 0.29) is 18.0 Å². The Hall–Kier alpha value is -3.60. The van der Waals surface area contributed by atoms with Crippen LogP contribution in [-0.4, -0.2) is 81.8 Å². The van der Waals surface area contributed by atoms with Gasteiger partial charge in [-0.1, -0.05) is 24.1 Å². The summed E-state index contributed by atoms with van der Waals surface area (Å²) in [5.41, 5.74) is -2.13. The number of hydrogen-bond donors (Lipinski definition) is 2.